The molecule has 1 heterocycles. The van der Waals surface area contributed by atoms with Crippen LogP contribution < -0.4 is 4.90 Å². The smallest absolute Gasteiger partial charge is 0.371 e. The molecule has 2 rings (SSSR count). The van der Waals surface area contributed by atoms with Gasteiger partial charge in [0.25, 0.3) is 0 Å². The topological polar surface area (TPSA) is 3.24 Å². The highest BCUT2D eigenvalue weighted by Gasteiger charge is 2.35. The number of para-hydroxylation sites is 1. The number of hydrogen-bond donors (Lipinski definition) is 0. The van der Waals surface area contributed by atoms with Crippen molar-refractivity contribution in [2.75, 3.05) is 18.0 Å². The summed E-state index contributed by atoms with van der Waals surface area (Å²) in [4.78, 5) is 2.28. The van der Waals surface area contributed by atoms with E-state index in [9.17, 15) is 13.2 Å². The van der Waals surface area contributed by atoms with Gasteiger partial charge in [0, 0.05) is 23.6 Å². The van der Waals surface area contributed by atoms with E-state index in [1.54, 1.807) is 12.1 Å². The Balaban J connectivity index is 2.16. The van der Waals surface area contributed by atoms with Crippen LogP contribution in [0.1, 0.15) is 25.3 Å². The fourth-order valence-electron chi connectivity index (χ4n) is 2.59. The highest BCUT2D eigenvalue weighted by atomic mass is 79.9. The van der Waals surface area contributed by atoms with Crippen LogP contribution >= 0.6 is 15.9 Å². The Labute approximate surface area is 119 Å². The molecule has 0 bridgehead atoms. The van der Waals surface area contributed by atoms with Crippen LogP contribution in [0.3, 0.4) is 0 Å². The average Bonchev–Trinajstić information content (AvgIpc) is 2.38. The van der Waals surface area contributed by atoms with Gasteiger partial charge in [0.1, 0.15) is 0 Å². The molecule has 1 saturated heterocycles. The van der Waals surface area contributed by atoms with Gasteiger partial charge < -0.3 is 4.90 Å². The quantitative estimate of drug-likeness (QED) is 0.708. The van der Waals surface area contributed by atoms with Gasteiger partial charge in [0.15, 0.2) is 0 Å². The molecule has 1 atom stereocenters. The number of piperidine rings is 1. The summed E-state index contributed by atoms with van der Waals surface area (Å²) in [7, 11) is 0. The molecule has 0 saturated carbocycles. The number of halogens is 4. The average molecular weight is 336 g/mol. The van der Waals surface area contributed by atoms with Gasteiger partial charge >= 0.3 is 6.18 Å². The third-order valence-corrected chi connectivity index (χ3v) is 4.49. The van der Waals surface area contributed by atoms with Gasteiger partial charge in [0.2, 0.25) is 0 Å². The van der Waals surface area contributed by atoms with Crippen LogP contribution in [0.4, 0.5) is 18.9 Å². The molecule has 0 spiro atoms. The van der Waals surface area contributed by atoms with Crippen molar-refractivity contribution in [3.05, 3.63) is 29.8 Å². The molecule has 0 aliphatic carbocycles. The summed E-state index contributed by atoms with van der Waals surface area (Å²) in [5.74, 6) is 0.550. The van der Waals surface area contributed by atoms with Gasteiger partial charge in [-0.3, -0.25) is 0 Å². The molecular weight excluding hydrogens is 319 g/mol. The fourth-order valence-corrected chi connectivity index (χ4v) is 3.12. The molecule has 0 amide bonds. The van der Waals surface area contributed by atoms with Crippen LogP contribution in [0.2, 0.25) is 0 Å². The molecule has 1 aromatic carbocycles. The lowest BCUT2D eigenvalue weighted by molar-refractivity contribution is -0.137. The maximum Gasteiger partial charge on any atom is 0.418 e. The zero-order valence-corrected chi connectivity index (χ0v) is 12.3. The van der Waals surface area contributed by atoms with E-state index < -0.39 is 11.7 Å². The van der Waals surface area contributed by atoms with Crippen molar-refractivity contribution in [2.24, 2.45) is 5.92 Å². The summed E-state index contributed by atoms with van der Waals surface area (Å²) in [5, 5.41) is 0. The van der Waals surface area contributed by atoms with E-state index in [1.165, 1.54) is 6.07 Å². The lowest BCUT2D eigenvalue weighted by Gasteiger charge is -2.36. The largest absolute Gasteiger partial charge is 0.418 e. The molecule has 1 aromatic rings. The minimum atomic E-state index is -4.28. The van der Waals surface area contributed by atoms with Gasteiger partial charge in [-0.2, -0.15) is 13.2 Å². The number of nitrogens with zero attached hydrogens (tertiary/aromatic N) is 1. The zero-order valence-electron chi connectivity index (χ0n) is 10.8. The molecule has 5 heteroatoms. The van der Waals surface area contributed by atoms with Crippen LogP contribution in [-0.2, 0) is 6.18 Å². The minimum Gasteiger partial charge on any atom is -0.371 e. The predicted molar refractivity (Wildman–Crippen MR) is 74.8 cm³/mol. The van der Waals surface area contributed by atoms with Crippen molar-refractivity contribution in [1.29, 1.82) is 0 Å². The Morgan fingerprint density at radius 1 is 1.21 bits per heavy atom. The van der Waals surface area contributed by atoms with Crippen molar-refractivity contribution in [3.63, 3.8) is 0 Å². The molecule has 1 unspecified atom stereocenters. The highest BCUT2D eigenvalue weighted by molar-refractivity contribution is 9.09. The third kappa shape index (κ3) is 3.44. The molecule has 1 fully saturated rings. The van der Waals surface area contributed by atoms with E-state index in [1.807, 2.05) is 4.90 Å². The third-order valence-electron chi connectivity index (χ3n) is 3.74. The van der Waals surface area contributed by atoms with Crippen LogP contribution in [0.25, 0.3) is 0 Å². The Hall–Kier alpha value is -0.710. The first-order valence-electron chi connectivity index (χ1n) is 6.45. The Morgan fingerprint density at radius 2 is 1.79 bits per heavy atom. The Kier molecular flexibility index (Phi) is 4.43. The van der Waals surface area contributed by atoms with Crippen molar-refractivity contribution in [1.82, 2.24) is 0 Å². The van der Waals surface area contributed by atoms with Gasteiger partial charge in [0.05, 0.1) is 5.56 Å². The first-order valence-corrected chi connectivity index (χ1v) is 7.36. The maximum absolute atomic E-state index is 13.0. The van der Waals surface area contributed by atoms with E-state index >= 15 is 0 Å². The summed E-state index contributed by atoms with van der Waals surface area (Å²) in [6.07, 6.45) is -2.42. The zero-order chi connectivity index (χ0) is 14.0. The highest BCUT2D eigenvalue weighted by Crippen LogP contribution is 2.38. The molecule has 0 aromatic heterocycles. The molecule has 1 nitrogen and oxygen atoms in total. The predicted octanol–water partition coefficient (Wildman–Crippen LogP) is 4.71. The molecule has 1 aliphatic heterocycles. The number of anilines is 1. The van der Waals surface area contributed by atoms with Crippen molar-refractivity contribution in [3.8, 4) is 0 Å². The van der Waals surface area contributed by atoms with Crippen LogP contribution in [-0.4, -0.2) is 17.9 Å². The molecular formula is C14H17BrF3N. The Bertz CT molecular complexity index is 423. The number of hydrogen-bond acceptors (Lipinski definition) is 1. The summed E-state index contributed by atoms with van der Waals surface area (Å²) in [6.45, 7) is 3.48. The minimum absolute atomic E-state index is 0.315. The number of benzene rings is 1. The lowest BCUT2D eigenvalue weighted by atomic mass is 9.93. The summed E-state index contributed by atoms with van der Waals surface area (Å²) in [5.41, 5.74) is -0.212. The van der Waals surface area contributed by atoms with Crippen molar-refractivity contribution in [2.45, 2.75) is 30.8 Å². The van der Waals surface area contributed by atoms with E-state index in [0.717, 1.165) is 18.9 Å². The van der Waals surface area contributed by atoms with E-state index in [0.29, 0.717) is 29.5 Å². The van der Waals surface area contributed by atoms with Crippen LogP contribution in [0.5, 0.6) is 0 Å². The number of rotatable bonds is 2. The second kappa shape index (κ2) is 5.73. The molecule has 19 heavy (non-hydrogen) atoms. The molecule has 1 aliphatic rings. The molecule has 0 N–H and O–H groups in total. The number of alkyl halides is 4. The summed E-state index contributed by atoms with van der Waals surface area (Å²) < 4.78 is 38.9. The van der Waals surface area contributed by atoms with Crippen molar-refractivity contribution >= 4 is 21.6 Å². The van der Waals surface area contributed by atoms with Crippen LogP contribution in [0.15, 0.2) is 24.3 Å². The van der Waals surface area contributed by atoms with Gasteiger partial charge in [-0.05, 0) is 30.9 Å². The monoisotopic (exact) mass is 335 g/mol. The second-order valence-electron chi connectivity index (χ2n) is 5.02. The normalized spacial score (nSPS) is 19.5. The van der Waals surface area contributed by atoms with Gasteiger partial charge in [-0.25, -0.2) is 0 Å². The fraction of sp³-hybridized carbons (Fsp3) is 0.571. The van der Waals surface area contributed by atoms with E-state index in [4.69, 9.17) is 0 Å². The van der Waals surface area contributed by atoms with E-state index in [2.05, 4.69) is 22.9 Å². The molecule has 0 radical (unpaired) electrons. The van der Waals surface area contributed by atoms with Crippen molar-refractivity contribution < 1.29 is 13.2 Å². The van der Waals surface area contributed by atoms with E-state index in [-0.39, 0.29) is 0 Å². The maximum atomic E-state index is 13.0. The summed E-state index contributed by atoms with van der Waals surface area (Å²) in [6, 6.07) is 5.85. The van der Waals surface area contributed by atoms with Gasteiger partial charge in [-0.15, -0.1) is 0 Å². The first kappa shape index (κ1) is 14.7. The summed E-state index contributed by atoms with van der Waals surface area (Å²) >= 11 is 3.56. The standard InChI is InChI=1S/C14H17BrF3N/c1-10(15)11-6-8-19(9-7-11)13-5-3-2-4-12(13)14(16,17)18/h2-5,10-11H,6-9H2,1H3. The van der Waals surface area contributed by atoms with Crippen LogP contribution in [0, 0.1) is 5.92 Å². The van der Waals surface area contributed by atoms with Gasteiger partial charge in [-0.1, -0.05) is 35.0 Å². The lowest BCUT2D eigenvalue weighted by Crippen LogP contribution is -2.36. The SMILES string of the molecule is CC(Br)C1CCN(c2ccccc2C(F)(F)F)CC1. The Morgan fingerprint density at radius 3 is 2.32 bits per heavy atom. The first-order chi connectivity index (χ1) is 8.89. The molecule has 106 valence electrons. The second-order valence-corrected chi connectivity index (χ2v) is 6.46.